The zero-order chi connectivity index (χ0) is 11.3. The molecule has 15 heavy (non-hydrogen) atoms. The maximum Gasteiger partial charge on any atom is 0.171 e. The topological polar surface area (TPSA) is 26.3 Å². The average Bonchev–Trinajstić information content (AvgIpc) is 2.18. The summed E-state index contributed by atoms with van der Waals surface area (Å²) < 4.78 is 31.2. The molecular weight excluding hydrogens is 202 g/mol. The zero-order valence-electron chi connectivity index (χ0n) is 8.43. The van der Waals surface area contributed by atoms with Crippen molar-refractivity contribution in [1.82, 2.24) is 0 Å². The summed E-state index contributed by atoms with van der Waals surface area (Å²) in [6, 6.07) is 3.36. The van der Waals surface area contributed by atoms with Crippen LogP contribution in [0.25, 0.3) is 0 Å². The second-order valence-corrected chi connectivity index (χ2v) is 2.97. The van der Waals surface area contributed by atoms with Crippen molar-refractivity contribution in [3.63, 3.8) is 0 Å². The van der Waals surface area contributed by atoms with E-state index in [-0.39, 0.29) is 13.0 Å². The number of Topliss-reactive ketones (excluding diaryl/α,β-unsaturated/α-hetero) is 1. The molecule has 0 saturated heterocycles. The minimum absolute atomic E-state index is 0.00824. The minimum Gasteiger partial charge on any atom is -0.381 e. The summed E-state index contributed by atoms with van der Waals surface area (Å²) in [4.78, 5) is 11.4. The van der Waals surface area contributed by atoms with Crippen LogP contribution in [0.1, 0.15) is 23.7 Å². The van der Waals surface area contributed by atoms with Crippen molar-refractivity contribution in [2.45, 2.75) is 13.3 Å². The minimum atomic E-state index is -0.823. The third-order valence-corrected chi connectivity index (χ3v) is 1.92. The number of benzene rings is 1. The third kappa shape index (κ3) is 3.09. The molecule has 0 spiro atoms. The lowest BCUT2D eigenvalue weighted by Gasteiger charge is -2.03. The number of hydrogen-bond acceptors (Lipinski definition) is 2. The van der Waals surface area contributed by atoms with Gasteiger partial charge in [-0.1, -0.05) is 6.07 Å². The Balaban J connectivity index is 2.73. The lowest BCUT2D eigenvalue weighted by atomic mass is 10.1. The Morgan fingerprint density at radius 1 is 1.33 bits per heavy atom. The molecule has 2 nitrogen and oxygen atoms in total. The van der Waals surface area contributed by atoms with Gasteiger partial charge in [-0.3, -0.25) is 4.79 Å². The largest absolute Gasteiger partial charge is 0.381 e. The summed E-state index contributed by atoms with van der Waals surface area (Å²) >= 11 is 0. The average molecular weight is 214 g/mol. The molecule has 0 fully saturated rings. The Morgan fingerprint density at radius 2 is 1.93 bits per heavy atom. The molecule has 0 aromatic heterocycles. The first-order valence-electron chi connectivity index (χ1n) is 4.71. The van der Waals surface area contributed by atoms with Crippen molar-refractivity contribution in [3.8, 4) is 0 Å². The molecule has 0 atom stereocenters. The van der Waals surface area contributed by atoms with Gasteiger partial charge < -0.3 is 4.74 Å². The first-order valence-corrected chi connectivity index (χ1v) is 4.71. The number of ketones is 1. The quantitative estimate of drug-likeness (QED) is 0.556. The van der Waals surface area contributed by atoms with Gasteiger partial charge in [-0.2, -0.15) is 0 Å². The highest BCUT2D eigenvalue weighted by molar-refractivity contribution is 5.96. The monoisotopic (exact) mass is 214 g/mol. The molecule has 0 saturated carbocycles. The van der Waals surface area contributed by atoms with Crippen molar-refractivity contribution < 1.29 is 18.3 Å². The molecule has 0 amide bonds. The second-order valence-electron chi connectivity index (χ2n) is 2.97. The number of halogens is 2. The summed E-state index contributed by atoms with van der Waals surface area (Å²) in [7, 11) is 0. The highest BCUT2D eigenvalue weighted by Crippen LogP contribution is 2.14. The van der Waals surface area contributed by atoms with Crippen molar-refractivity contribution in [2.24, 2.45) is 0 Å². The van der Waals surface area contributed by atoms with Gasteiger partial charge in [-0.25, -0.2) is 8.78 Å². The fourth-order valence-corrected chi connectivity index (χ4v) is 1.20. The Morgan fingerprint density at radius 3 is 2.47 bits per heavy atom. The molecule has 0 N–H and O–H groups in total. The highest BCUT2D eigenvalue weighted by Gasteiger charge is 2.16. The van der Waals surface area contributed by atoms with Gasteiger partial charge in [-0.05, 0) is 19.1 Å². The van der Waals surface area contributed by atoms with Crippen molar-refractivity contribution in [1.29, 1.82) is 0 Å². The third-order valence-electron chi connectivity index (χ3n) is 1.92. The molecule has 0 aliphatic rings. The Bertz CT molecular complexity index is 330. The number of carbonyl (C=O) groups is 1. The number of rotatable bonds is 5. The molecule has 1 aromatic carbocycles. The van der Waals surface area contributed by atoms with Crippen LogP contribution in [0.4, 0.5) is 8.78 Å². The van der Waals surface area contributed by atoms with Crippen LogP contribution in [-0.2, 0) is 4.74 Å². The summed E-state index contributed by atoms with van der Waals surface area (Å²) in [5.41, 5.74) is -0.475. The molecule has 0 unspecified atom stereocenters. The van der Waals surface area contributed by atoms with Crippen molar-refractivity contribution in [2.75, 3.05) is 13.2 Å². The maximum atomic E-state index is 13.1. The lowest BCUT2D eigenvalue weighted by molar-refractivity contribution is 0.0888. The van der Waals surface area contributed by atoms with Gasteiger partial charge in [0, 0.05) is 13.0 Å². The van der Waals surface area contributed by atoms with Crippen LogP contribution in [-0.4, -0.2) is 19.0 Å². The molecule has 82 valence electrons. The summed E-state index contributed by atoms with van der Waals surface area (Å²) in [5, 5.41) is 0. The van der Waals surface area contributed by atoms with Crippen LogP contribution < -0.4 is 0 Å². The summed E-state index contributed by atoms with van der Waals surface area (Å²) in [5.74, 6) is -2.22. The first-order chi connectivity index (χ1) is 7.16. The van der Waals surface area contributed by atoms with E-state index in [0.29, 0.717) is 6.61 Å². The van der Waals surface area contributed by atoms with E-state index in [2.05, 4.69) is 0 Å². The Kier molecular flexibility index (Phi) is 4.37. The zero-order valence-corrected chi connectivity index (χ0v) is 8.43. The van der Waals surface area contributed by atoms with Crippen LogP contribution >= 0.6 is 0 Å². The predicted octanol–water partition coefficient (Wildman–Crippen LogP) is 2.57. The van der Waals surface area contributed by atoms with E-state index in [1.54, 1.807) is 6.92 Å². The van der Waals surface area contributed by atoms with Gasteiger partial charge in [0.15, 0.2) is 5.78 Å². The fourth-order valence-electron chi connectivity index (χ4n) is 1.20. The summed E-state index contributed by atoms with van der Waals surface area (Å²) in [6.07, 6.45) is -0.00824. The van der Waals surface area contributed by atoms with Gasteiger partial charge >= 0.3 is 0 Å². The first kappa shape index (κ1) is 11.8. The van der Waals surface area contributed by atoms with Gasteiger partial charge in [0.05, 0.1) is 12.2 Å². The van der Waals surface area contributed by atoms with Gasteiger partial charge in [0.1, 0.15) is 11.6 Å². The Hall–Kier alpha value is -1.29. The van der Waals surface area contributed by atoms with Gasteiger partial charge in [-0.15, -0.1) is 0 Å². The van der Waals surface area contributed by atoms with E-state index in [0.717, 1.165) is 12.1 Å². The molecule has 0 heterocycles. The number of hydrogen-bond donors (Lipinski definition) is 0. The van der Waals surface area contributed by atoms with E-state index in [1.807, 2.05) is 0 Å². The van der Waals surface area contributed by atoms with Crippen LogP contribution in [0.3, 0.4) is 0 Å². The van der Waals surface area contributed by atoms with E-state index in [4.69, 9.17) is 4.74 Å². The molecule has 4 heteroatoms. The second kappa shape index (κ2) is 5.56. The highest BCUT2D eigenvalue weighted by atomic mass is 19.1. The lowest BCUT2D eigenvalue weighted by Crippen LogP contribution is -2.09. The smallest absolute Gasteiger partial charge is 0.171 e. The van der Waals surface area contributed by atoms with Gasteiger partial charge in [0.25, 0.3) is 0 Å². The van der Waals surface area contributed by atoms with Crippen molar-refractivity contribution in [3.05, 3.63) is 35.4 Å². The summed E-state index contributed by atoms with van der Waals surface area (Å²) in [6.45, 7) is 2.45. The predicted molar refractivity (Wildman–Crippen MR) is 51.8 cm³/mol. The standard InChI is InChI=1S/C11H12F2O2/c1-2-15-7-6-10(14)11-8(12)4-3-5-9(11)13/h3-5H,2,6-7H2,1H3. The molecule has 0 bridgehead atoms. The number of ether oxygens (including phenoxy) is 1. The van der Waals surface area contributed by atoms with E-state index in [1.165, 1.54) is 6.07 Å². The molecule has 1 aromatic rings. The molecule has 0 aliphatic heterocycles. The normalized spacial score (nSPS) is 10.3. The van der Waals surface area contributed by atoms with E-state index in [9.17, 15) is 13.6 Å². The molecule has 0 radical (unpaired) electrons. The van der Waals surface area contributed by atoms with E-state index >= 15 is 0 Å². The van der Waals surface area contributed by atoms with E-state index < -0.39 is 23.0 Å². The van der Waals surface area contributed by atoms with Gasteiger partial charge in [0.2, 0.25) is 0 Å². The molecular formula is C11H12F2O2. The van der Waals surface area contributed by atoms with Crippen LogP contribution in [0.15, 0.2) is 18.2 Å². The van der Waals surface area contributed by atoms with Crippen LogP contribution in [0.2, 0.25) is 0 Å². The maximum absolute atomic E-state index is 13.1. The van der Waals surface area contributed by atoms with Crippen molar-refractivity contribution >= 4 is 5.78 Å². The SMILES string of the molecule is CCOCCC(=O)c1c(F)cccc1F. The van der Waals surface area contributed by atoms with Crippen LogP contribution in [0.5, 0.6) is 0 Å². The fraction of sp³-hybridized carbons (Fsp3) is 0.364. The molecule has 1 rings (SSSR count). The molecule has 0 aliphatic carbocycles. The Labute approximate surface area is 86.9 Å². The number of carbonyl (C=O) groups excluding carboxylic acids is 1. The van der Waals surface area contributed by atoms with Crippen LogP contribution in [0, 0.1) is 11.6 Å².